The Balaban J connectivity index is 1.53. The number of rotatable bonds is 7. The van der Waals surface area contributed by atoms with E-state index >= 15 is 0 Å². The van der Waals surface area contributed by atoms with E-state index in [9.17, 15) is 4.79 Å². The van der Waals surface area contributed by atoms with E-state index in [1.807, 2.05) is 39.0 Å². The van der Waals surface area contributed by atoms with Crippen molar-refractivity contribution >= 4 is 6.09 Å². The zero-order valence-electron chi connectivity index (χ0n) is 15.7. The predicted molar refractivity (Wildman–Crippen MR) is 98.9 cm³/mol. The minimum Gasteiger partial charge on any atom is -0.443 e. The van der Waals surface area contributed by atoms with Crippen LogP contribution in [0.25, 0.3) is 0 Å². The summed E-state index contributed by atoms with van der Waals surface area (Å²) in [6, 6.07) is 10.3. The van der Waals surface area contributed by atoms with Crippen LogP contribution in [-0.2, 0) is 16.1 Å². The second-order valence-corrected chi connectivity index (χ2v) is 7.90. The monoisotopic (exact) mass is 348 g/mol. The van der Waals surface area contributed by atoms with Crippen LogP contribution >= 0.6 is 0 Å². The molecule has 0 spiro atoms. The molecule has 1 aromatic rings. The first kappa shape index (κ1) is 19.7. The van der Waals surface area contributed by atoms with Crippen molar-refractivity contribution < 1.29 is 14.3 Å². The Morgan fingerprint density at radius 1 is 1.08 bits per heavy atom. The molecule has 1 amide bonds. The summed E-state index contributed by atoms with van der Waals surface area (Å²) in [5.41, 5.74) is 6.38. The second-order valence-electron chi connectivity index (χ2n) is 7.90. The van der Waals surface area contributed by atoms with Gasteiger partial charge in [-0.2, -0.15) is 0 Å². The fraction of sp³-hybridized carbons (Fsp3) is 0.650. The van der Waals surface area contributed by atoms with Gasteiger partial charge in [-0.05, 0) is 63.9 Å². The highest BCUT2D eigenvalue weighted by Crippen LogP contribution is 2.28. The van der Waals surface area contributed by atoms with Crippen molar-refractivity contribution in [1.29, 1.82) is 0 Å². The van der Waals surface area contributed by atoms with Crippen LogP contribution in [0.15, 0.2) is 30.3 Å². The highest BCUT2D eigenvalue weighted by Gasteiger charge is 2.22. The van der Waals surface area contributed by atoms with E-state index < -0.39 is 11.7 Å². The number of carbonyl (C=O) groups excluding carboxylic acids is 1. The van der Waals surface area contributed by atoms with Crippen LogP contribution in [0.4, 0.5) is 4.79 Å². The van der Waals surface area contributed by atoms with Crippen molar-refractivity contribution in [3.63, 3.8) is 0 Å². The third kappa shape index (κ3) is 8.36. The lowest BCUT2D eigenvalue weighted by Crippen LogP contribution is -2.43. The molecule has 2 rings (SSSR count). The maximum Gasteiger partial charge on any atom is 0.422 e. The van der Waals surface area contributed by atoms with Gasteiger partial charge in [0, 0.05) is 13.2 Å². The molecule has 0 aliphatic heterocycles. The lowest BCUT2D eigenvalue weighted by Gasteiger charge is -2.28. The van der Waals surface area contributed by atoms with Gasteiger partial charge in [0.1, 0.15) is 5.60 Å². The Morgan fingerprint density at radius 3 is 2.36 bits per heavy atom. The van der Waals surface area contributed by atoms with Crippen molar-refractivity contribution in [1.82, 2.24) is 10.9 Å². The molecule has 1 aliphatic rings. The lowest BCUT2D eigenvalue weighted by molar-refractivity contribution is 0.0485. The van der Waals surface area contributed by atoms with Gasteiger partial charge in [0.25, 0.3) is 0 Å². The highest BCUT2D eigenvalue weighted by molar-refractivity contribution is 5.66. The number of hydrogen-bond acceptors (Lipinski definition) is 4. The first-order valence-corrected chi connectivity index (χ1v) is 9.26. The summed E-state index contributed by atoms with van der Waals surface area (Å²) in [7, 11) is 0. The van der Waals surface area contributed by atoms with Crippen LogP contribution in [-0.4, -0.2) is 24.8 Å². The number of hydrogen-bond donors (Lipinski definition) is 2. The smallest absolute Gasteiger partial charge is 0.422 e. The van der Waals surface area contributed by atoms with Gasteiger partial charge < -0.3 is 9.47 Å². The number of hydrazine groups is 1. The third-order valence-corrected chi connectivity index (χ3v) is 4.41. The average molecular weight is 348 g/mol. The summed E-state index contributed by atoms with van der Waals surface area (Å²) in [6.45, 7) is 7.89. The van der Waals surface area contributed by atoms with E-state index in [1.165, 1.54) is 31.2 Å². The van der Waals surface area contributed by atoms with Crippen LogP contribution in [0, 0.1) is 11.8 Å². The van der Waals surface area contributed by atoms with Crippen LogP contribution in [0.5, 0.6) is 0 Å². The molecule has 0 saturated heterocycles. The first-order chi connectivity index (χ1) is 11.9. The first-order valence-electron chi connectivity index (χ1n) is 9.26. The summed E-state index contributed by atoms with van der Waals surface area (Å²) in [4.78, 5) is 11.6. The summed E-state index contributed by atoms with van der Waals surface area (Å²) in [5, 5.41) is 0. The molecule has 140 valence electrons. The van der Waals surface area contributed by atoms with Crippen LogP contribution in [0.1, 0.15) is 52.0 Å². The topological polar surface area (TPSA) is 59.6 Å². The summed E-state index contributed by atoms with van der Waals surface area (Å²) < 4.78 is 11.1. The molecule has 0 bridgehead atoms. The van der Waals surface area contributed by atoms with Crippen molar-refractivity contribution in [2.24, 2.45) is 11.8 Å². The lowest BCUT2D eigenvalue weighted by atomic mass is 9.82. The molecule has 0 unspecified atom stereocenters. The van der Waals surface area contributed by atoms with Crippen molar-refractivity contribution in [2.45, 2.75) is 58.7 Å². The average Bonchev–Trinajstić information content (AvgIpc) is 2.56. The summed E-state index contributed by atoms with van der Waals surface area (Å²) >= 11 is 0. The molecule has 2 N–H and O–H groups in total. The van der Waals surface area contributed by atoms with Gasteiger partial charge in [0.15, 0.2) is 0 Å². The number of carbonyl (C=O) groups is 1. The maximum atomic E-state index is 11.6. The maximum absolute atomic E-state index is 11.6. The Kier molecular flexibility index (Phi) is 7.72. The second kappa shape index (κ2) is 9.78. The summed E-state index contributed by atoms with van der Waals surface area (Å²) in [5.74, 6) is 1.25. The molecule has 1 saturated carbocycles. The van der Waals surface area contributed by atoms with Gasteiger partial charge in [0.2, 0.25) is 0 Å². The molecule has 5 nitrogen and oxygen atoms in total. The zero-order chi connectivity index (χ0) is 18.1. The quantitative estimate of drug-likeness (QED) is 0.730. The Morgan fingerprint density at radius 2 is 1.72 bits per heavy atom. The SMILES string of the molecule is CC(C)(C)OC(=O)NNCC1CCC(COCc2ccccc2)CC1. The van der Waals surface area contributed by atoms with Gasteiger partial charge in [-0.25, -0.2) is 10.2 Å². The van der Waals surface area contributed by atoms with Gasteiger partial charge in [0.05, 0.1) is 6.61 Å². The van der Waals surface area contributed by atoms with Gasteiger partial charge >= 0.3 is 6.09 Å². The molecular formula is C20H32N2O3. The summed E-state index contributed by atoms with van der Waals surface area (Å²) in [6.07, 6.45) is 4.29. The molecule has 0 atom stereocenters. The van der Waals surface area contributed by atoms with E-state index in [0.29, 0.717) is 18.4 Å². The molecule has 1 fully saturated rings. The molecule has 1 aliphatic carbocycles. The van der Waals surface area contributed by atoms with Crippen molar-refractivity contribution in [3.8, 4) is 0 Å². The fourth-order valence-electron chi connectivity index (χ4n) is 3.09. The molecule has 5 heteroatoms. The van der Waals surface area contributed by atoms with E-state index in [0.717, 1.165) is 13.2 Å². The molecular weight excluding hydrogens is 316 g/mol. The van der Waals surface area contributed by atoms with Gasteiger partial charge in [-0.15, -0.1) is 0 Å². The fourth-order valence-corrected chi connectivity index (χ4v) is 3.09. The minimum absolute atomic E-state index is 0.421. The van der Waals surface area contributed by atoms with E-state index in [-0.39, 0.29) is 0 Å². The Hall–Kier alpha value is -1.59. The van der Waals surface area contributed by atoms with Gasteiger partial charge in [-0.1, -0.05) is 30.3 Å². The number of amides is 1. The van der Waals surface area contributed by atoms with Gasteiger partial charge in [-0.3, -0.25) is 5.43 Å². The normalized spacial score (nSPS) is 20.9. The van der Waals surface area contributed by atoms with Crippen molar-refractivity contribution in [2.75, 3.05) is 13.2 Å². The van der Waals surface area contributed by atoms with Crippen LogP contribution in [0.2, 0.25) is 0 Å². The molecule has 25 heavy (non-hydrogen) atoms. The highest BCUT2D eigenvalue weighted by atomic mass is 16.6. The predicted octanol–water partition coefficient (Wildman–Crippen LogP) is 4.04. The van der Waals surface area contributed by atoms with E-state index in [4.69, 9.17) is 9.47 Å². The molecule has 1 aromatic carbocycles. The van der Waals surface area contributed by atoms with Crippen LogP contribution < -0.4 is 10.9 Å². The Bertz CT molecular complexity index is 505. The van der Waals surface area contributed by atoms with E-state index in [2.05, 4.69) is 23.0 Å². The minimum atomic E-state index is -0.469. The molecule has 0 radical (unpaired) electrons. The van der Waals surface area contributed by atoms with Crippen molar-refractivity contribution in [3.05, 3.63) is 35.9 Å². The van der Waals surface area contributed by atoms with E-state index in [1.54, 1.807) is 0 Å². The third-order valence-electron chi connectivity index (χ3n) is 4.41. The zero-order valence-corrected chi connectivity index (χ0v) is 15.7. The standard InChI is InChI=1S/C20H32N2O3/c1-20(2,3)25-19(23)22-21-13-16-9-11-18(12-10-16)15-24-14-17-7-5-4-6-8-17/h4-8,16,18,21H,9-15H2,1-3H3,(H,22,23). The Labute approximate surface area is 151 Å². The number of benzene rings is 1. The largest absolute Gasteiger partial charge is 0.443 e. The number of nitrogens with one attached hydrogen (secondary N) is 2. The molecule has 0 aromatic heterocycles. The molecule has 0 heterocycles. The number of ether oxygens (including phenoxy) is 2. The van der Waals surface area contributed by atoms with Crippen LogP contribution in [0.3, 0.4) is 0 Å².